The Labute approximate surface area is 101 Å². The minimum absolute atomic E-state index is 0.0691. The van der Waals surface area contributed by atoms with Crippen molar-refractivity contribution >= 4 is 11.7 Å². The highest BCUT2D eigenvalue weighted by Gasteiger charge is 2.17. The number of hydrazine groups is 1. The standard InChI is InChI=1S/C12H18N4O/c13-16-11-5-4-10(8-15-11)12(17)14-7-6-9-2-1-3-9/h4-5,8-9H,1-3,6-7,13H2,(H,14,17)(H,15,16). The first-order valence-electron chi connectivity index (χ1n) is 6.00. The van der Waals surface area contributed by atoms with E-state index in [2.05, 4.69) is 15.7 Å². The number of hydrogen-bond donors (Lipinski definition) is 3. The molecule has 0 bridgehead atoms. The maximum atomic E-state index is 11.7. The third-order valence-corrected chi connectivity index (χ3v) is 3.24. The fraction of sp³-hybridized carbons (Fsp3) is 0.500. The summed E-state index contributed by atoms with van der Waals surface area (Å²) < 4.78 is 0. The Morgan fingerprint density at radius 1 is 1.47 bits per heavy atom. The monoisotopic (exact) mass is 234 g/mol. The molecule has 92 valence electrons. The quantitative estimate of drug-likeness (QED) is 0.529. The van der Waals surface area contributed by atoms with Gasteiger partial charge < -0.3 is 10.7 Å². The van der Waals surface area contributed by atoms with Crippen molar-refractivity contribution < 1.29 is 4.79 Å². The van der Waals surface area contributed by atoms with Crippen LogP contribution in [0.2, 0.25) is 0 Å². The molecule has 2 rings (SSSR count). The predicted molar refractivity (Wildman–Crippen MR) is 66.3 cm³/mol. The van der Waals surface area contributed by atoms with Crippen LogP contribution in [0.1, 0.15) is 36.0 Å². The van der Waals surface area contributed by atoms with Crippen LogP contribution >= 0.6 is 0 Å². The van der Waals surface area contributed by atoms with Gasteiger partial charge in [-0.15, -0.1) is 0 Å². The second-order valence-corrected chi connectivity index (χ2v) is 4.42. The minimum Gasteiger partial charge on any atom is -0.352 e. The Kier molecular flexibility index (Phi) is 3.93. The molecule has 1 fully saturated rings. The Morgan fingerprint density at radius 2 is 2.29 bits per heavy atom. The normalized spacial score (nSPS) is 15.1. The van der Waals surface area contributed by atoms with Crippen molar-refractivity contribution in [3.05, 3.63) is 23.9 Å². The third kappa shape index (κ3) is 3.17. The van der Waals surface area contributed by atoms with Crippen LogP contribution in [-0.2, 0) is 0 Å². The molecule has 0 unspecified atom stereocenters. The fourth-order valence-electron chi connectivity index (χ4n) is 1.89. The average molecular weight is 234 g/mol. The number of anilines is 1. The van der Waals surface area contributed by atoms with Gasteiger partial charge in [0.1, 0.15) is 5.82 Å². The largest absolute Gasteiger partial charge is 0.352 e. The van der Waals surface area contributed by atoms with E-state index in [9.17, 15) is 4.79 Å². The summed E-state index contributed by atoms with van der Waals surface area (Å²) in [5, 5.41) is 2.90. The Balaban J connectivity index is 1.77. The van der Waals surface area contributed by atoms with Crippen LogP contribution < -0.4 is 16.6 Å². The molecule has 5 heteroatoms. The highest BCUT2D eigenvalue weighted by Crippen LogP contribution is 2.28. The lowest BCUT2D eigenvalue weighted by molar-refractivity contribution is 0.0948. The van der Waals surface area contributed by atoms with Crippen LogP contribution in [0.25, 0.3) is 0 Å². The second-order valence-electron chi connectivity index (χ2n) is 4.42. The molecule has 1 aromatic heterocycles. The second kappa shape index (κ2) is 5.63. The molecule has 0 aliphatic heterocycles. The number of nitrogen functional groups attached to an aromatic ring is 1. The zero-order valence-corrected chi connectivity index (χ0v) is 9.78. The topological polar surface area (TPSA) is 80.0 Å². The van der Waals surface area contributed by atoms with Gasteiger partial charge in [-0.05, 0) is 24.5 Å². The van der Waals surface area contributed by atoms with Gasteiger partial charge in [-0.1, -0.05) is 19.3 Å². The van der Waals surface area contributed by atoms with E-state index in [1.54, 1.807) is 12.1 Å². The van der Waals surface area contributed by atoms with Crippen molar-refractivity contribution in [3.8, 4) is 0 Å². The molecule has 1 aromatic rings. The molecule has 0 aromatic carbocycles. The molecule has 1 heterocycles. The molecule has 0 atom stereocenters. The number of rotatable bonds is 5. The maximum Gasteiger partial charge on any atom is 0.252 e. The van der Waals surface area contributed by atoms with Gasteiger partial charge in [0, 0.05) is 12.7 Å². The minimum atomic E-state index is -0.0691. The van der Waals surface area contributed by atoms with E-state index >= 15 is 0 Å². The van der Waals surface area contributed by atoms with E-state index in [0.29, 0.717) is 11.4 Å². The Bertz CT molecular complexity index is 373. The van der Waals surface area contributed by atoms with Crippen molar-refractivity contribution in [2.45, 2.75) is 25.7 Å². The molecule has 0 spiro atoms. The van der Waals surface area contributed by atoms with E-state index < -0.39 is 0 Å². The Hall–Kier alpha value is -1.62. The van der Waals surface area contributed by atoms with Gasteiger partial charge in [-0.25, -0.2) is 10.8 Å². The van der Waals surface area contributed by atoms with Crippen molar-refractivity contribution in [1.82, 2.24) is 10.3 Å². The van der Waals surface area contributed by atoms with Gasteiger partial charge in [0.25, 0.3) is 5.91 Å². The van der Waals surface area contributed by atoms with E-state index in [-0.39, 0.29) is 5.91 Å². The number of nitrogens with zero attached hydrogens (tertiary/aromatic N) is 1. The number of amides is 1. The van der Waals surface area contributed by atoms with Crippen LogP contribution in [0.5, 0.6) is 0 Å². The summed E-state index contributed by atoms with van der Waals surface area (Å²) in [7, 11) is 0. The number of nitrogens with two attached hydrogens (primary N) is 1. The molecule has 17 heavy (non-hydrogen) atoms. The SMILES string of the molecule is NNc1ccc(C(=O)NCCC2CCC2)cn1. The smallest absolute Gasteiger partial charge is 0.252 e. The fourth-order valence-corrected chi connectivity index (χ4v) is 1.89. The van der Waals surface area contributed by atoms with Gasteiger partial charge in [0.2, 0.25) is 0 Å². The summed E-state index contributed by atoms with van der Waals surface area (Å²) in [5.74, 6) is 6.50. The lowest BCUT2D eigenvalue weighted by Crippen LogP contribution is -2.27. The summed E-state index contributed by atoms with van der Waals surface area (Å²) in [5.41, 5.74) is 2.99. The summed E-state index contributed by atoms with van der Waals surface area (Å²) in [4.78, 5) is 15.7. The van der Waals surface area contributed by atoms with Crippen molar-refractivity contribution in [1.29, 1.82) is 0 Å². The van der Waals surface area contributed by atoms with Crippen LogP contribution in [-0.4, -0.2) is 17.4 Å². The van der Waals surface area contributed by atoms with E-state index in [1.165, 1.54) is 25.5 Å². The molecular formula is C12H18N4O. The molecule has 4 N–H and O–H groups in total. The van der Waals surface area contributed by atoms with E-state index in [0.717, 1.165) is 18.9 Å². The van der Waals surface area contributed by atoms with Gasteiger partial charge in [0.15, 0.2) is 0 Å². The molecule has 1 aliphatic carbocycles. The average Bonchev–Trinajstić information content (AvgIpc) is 2.32. The molecule has 1 aliphatic rings. The van der Waals surface area contributed by atoms with Crippen LogP contribution in [0.3, 0.4) is 0 Å². The summed E-state index contributed by atoms with van der Waals surface area (Å²) in [6.45, 7) is 0.750. The highest BCUT2D eigenvalue weighted by molar-refractivity contribution is 5.93. The Morgan fingerprint density at radius 3 is 2.82 bits per heavy atom. The van der Waals surface area contributed by atoms with Crippen molar-refractivity contribution in [3.63, 3.8) is 0 Å². The number of aromatic nitrogens is 1. The highest BCUT2D eigenvalue weighted by atomic mass is 16.1. The molecule has 0 radical (unpaired) electrons. The summed E-state index contributed by atoms with van der Waals surface area (Å²) >= 11 is 0. The predicted octanol–water partition coefficient (Wildman–Crippen LogP) is 1.29. The summed E-state index contributed by atoms with van der Waals surface area (Å²) in [6.07, 6.45) is 6.58. The first kappa shape index (κ1) is 11.9. The number of carbonyl (C=O) groups excluding carboxylic acids is 1. The summed E-state index contributed by atoms with van der Waals surface area (Å²) in [6, 6.07) is 3.39. The van der Waals surface area contributed by atoms with Crippen LogP contribution in [0.4, 0.5) is 5.82 Å². The molecule has 0 saturated heterocycles. The first-order chi connectivity index (χ1) is 8.29. The van der Waals surface area contributed by atoms with Gasteiger partial charge >= 0.3 is 0 Å². The van der Waals surface area contributed by atoms with Gasteiger partial charge in [0.05, 0.1) is 5.56 Å². The van der Waals surface area contributed by atoms with Gasteiger partial charge in [-0.2, -0.15) is 0 Å². The molecule has 1 saturated carbocycles. The van der Waals surface area contributed by atoms with Crippen molar-refractivity contribution in [2.75, 3.05) is 12.0 Å². The number of hydrogen-bond acceptors (Lipinski definition) is 4. The van der Waals surface area contributed by atoms with Crippen molar-refractivity contribution in [2.24, 2.45) is 11.8 Å². The lowest BCUT2D eigenvalue weighted by Gasteiger charge is -2.25. The van der Waals surface area contributed by atoms with E-state index in [4.69, 9.17) is 5.84 Å². The zero-order chi connectivity index (χ0) is 12.1. The molecular weight excluding hydrogens is 216 g/mol. The first-order valence-corrected chi connectivity index (χ1v) is 6.00. The van der Waals surface area contributed by atoms with Gasteiger partial charge in [-0.3, -0.25) is 4.79 Å². The zero-order valence-electron chi connectivity index (χ0n) is 9.78. The molecule has 1 amide bonds. The number of carbonyl (C=O) groups is 1. The number of pyridine rings is 1. The van der Waals surface area contributed by atoms with Crippen LogP contribution in [0.15, 0.2) is 18.3 Å². The van der Waals surface area contributed by atoms with Crippen LogP contribution in [0, 0.1) is 5.92 Å². The molecule has 5 nitrogen and oxygen atoms in total. The maximum absolute atomic E-state index is 11.7. The third-order valence-electron chi connectivity index (χ3n) is 3.24. The lowest BCUT2D eigenvalue weighted by atomic mass is 9.83. The number of nitrogens with one attached hydrogen (secondary N) is 2. The van der Waals surface area contributed by atoms with E-state index in [1.807, 2.05) is 0 Å².